The first-order valence-electron chi connectivity index (χ1n) is 5.58. The molecule has 4 N–H and O–H groups in total. The third-order valence-electron chi connectivity index (χ3n) is 2.39. The molecule has 0 spiro atoms. The third kappa shape index (κ3) is 5.46. The van der Waals surface area contributed by atoms with Gasteiger partial charge >= 0.3 is 0 Å². The fourth-order valence-corrected chi connectivity index (χ4v) is 1.58. The van der Waals surface area contributed by atoms with Gasteiger partial charge in [-0.25, -0.2) is 0 Å². The lowest BCUT2D eigenvalue weighted by molar-refractivity contribution is -0.119. The van der Waals surface area contributed by atoms with Gasteiger partial charge < -0.3 is 16.2 Å². The molecule has 96 valence electrons. The molecular formula is C11H20N4O2. The Labute approximate surface area is 101 Å². The van der Waals surface area contributed by atoms with Crippen LogP contribution in [0.1, 0.15) is 20.3 Å². The summed E-state index contributed by atoms with van der Waals surface area (Å²) >= 11 is 0. The molecule has 0 aliphatic heterocycles. The normalized spacial score (nSPS) is 13.6. The molecule has 0 saturated heterocycles. The van der Waals surface area contributed by atoms with Gasteiger partial charge in [0.15, 0.2) is 0 Å². The number of nitrogens with two attached hydrogens (primary N) is 1. The van der Waals surface area contributed by atoms with Crippen molar-refractivity contribution in [2.75, 3.05) is 6.54 Å². The van der Waals surface area contributed by atoms with E-state index in [2.05, 4.69) is 10.4 Å². The quantitative estimate of drug-likeness (QED) is 0.598. The molecule has 6 heteroatoms. The zero-order valence-electron chi connectivity index (χ0n) is 10.3. The van der Waals surface area contributed by atoms with Gasteiger partial charge in [0.05, 0.1) is 12.6 Å². The highest BCUT2D eigenvalue weighted by Gasteiger charge is 2.21. The number of primary amides is 1. The molecule has 0 aliphatic carbocycles. The Hall–Kier alpha value is -1.40. The van der Waals surface area contributed by atoms with Gasteiger partial charge in [0, 0.05) is 30.9 Å². The van der Waals surface area contributed by atoms with Crippen molar-refractivity contribution in [1.29, 1.82) is 0 Å². The van der Waals surface area contributed by atoms with E-state index in [1.54, 1.807) is 23.1 Å². The van der Waals surface area contributed by atoms with Crippen LogP contribution in [-0.2, 0) is 11.3 Å². The van der Waals surface area contributed by atoms with E-state index in [4.69, 9.17) is 5.73 Å². The summed E-state index contributed by atoms with van der Waals surface area (Å²) in [5, 5.41) is 16.9. The SMILES string of the molecule is CC(C)(CC(N)=O)NCC(O)Cn1cccn1. The Morgan fingerprint density at radius 1 is 1.65 bits per heavy atom. The Bertz CT molecular complexity index is 348. The minimum absolute atomic E-state index is 0.238. The smallest absolute Gasteiger partial charge is 0.219 e. The molecule has 6 nitrogen and oxygen atoms in total. The summed E-state index contributed by atoms with van der Waals surface area (Å²) in [6.07, 6.45) is 3.14. The van der Waals surface area contributed by atoms with Gasteiger partial charge in [0.25, 0.3) is 0 Å². The molecule has 1 heterocycles. The molecule has 0 saturated carbocycles. The van der Waals surface area contributed by atoms with Crippen molar-refractivity contribution in [3.05, 3.63) is 18.5 Å². The topological polar surface area (TPSA) is 93.2 Å². The Kier molecular flexibility index (Phi) is 4.65. The lowest BCUT2D eigenvalue weighted by Gasteiger charge is -2.26. The van der Waals surface area contributed by atoms with Crippen LogP contribution in [0, 0.1) is 0 Å². The van der Waals surface area contributed by atoms with Crippen molar-refractivity contribution in [3.8, 4) is 0 Å². The first-order valence-corrected chi connectivity index (χ1v) is 5.58. The van der Waals surface area contributed by atoms with E-state index in [1.165, 1.54) is 0 Å². The number of hydrogen-bond acceptors (Lipinski definition) is 4. The molecule has 17 heavy (non-hydrogen) atoms. The fraction of sp³-hybridized carbons (Fsp3) is 0.636. The van der Waals surface area contributed by atoms with Crippen molar-refractivity contribution >= 4 is 5.91 Å². The van der Waals surface area contributed by atoms with E-state index in [-0.39, 0.29) is 12.3 Å². The molecule has 1 aromatic heterocycles. The Morgan fingerprint density at radius 3 is 2.88 bits per heavy atom. The van der Waals surface area contributed by atoms with Crippen molar-refractivity contribution in [3.63, 3.8) is 0 Å². The largest absolute Gasteiger partial charge is 0.390 e. The van der Waals surface area contributed by atoms with Crippen molar-refractivity contribution in [2.24, 2.45) is 5.73 Å². The number of amides is 1. The summed E-state index contributed by atoms with van der Waals surface area (Å²) in [7, 11) is 0. The van der Waals surface area contributed by atoms with Crippen molar-refractivity contribution in [1.82, 2.24) is 15.1 Å². The first-order chi connectivity index (χ1) is 7.89. The maximum Gasteiger partial charge on any atom is 0.219 e. The molecule has 0 bridgehead atoms. The van der Waals surface area contributed by atoms with Crippen molar-refractivity contribution in [2.45, 2.75) is 38.5 Å². The minimum atomic E-state index is -0.554. The van der Waals surface area contributed by atoms with Gasteiger partial charge in [-0.2, -0.15) is 5.10 Å². The average molecular weight is 240 g/mol. The van der Waals surface area contributed by atoms with Gasteiger partial charge in [0.2, 0.25) is 5.91 Å². The van der Waals surface area contributed by atoms with Crippen LogP contribution < -0.4 is 11.1 Å². The average Bonchev–Trinajstić information content (AvgIpc) is 2.65. The fourth-order valence-electron chi connectivity index (χ4n) is 1.58. The standard InChI is InChI=1S/C11H20N4O2/c1-11(2,6-10(12)17)13-7-9(16)8-15-5-3-4-14-15/h3-5,9,13,16H,6-8H2,1-2H3,(H2,12,17). The van der Waals surface area contributed by atoms with Crippen molar-refractivity contribution < 1.29 is 9.90 Å². The van der Waals surface area contributed by atoms with Gasteiger partial charge in [-0.1, -0.05) is 0 Å². The third-order valence-corrected chi connectivity index (χ3v) is 2.39. The number of carbonyl (C=O) groups excluding carboxylic acids is 1. The molecule has 1 rings (SSSR count). The monoisotopic (exact) mass is 240 g/mol. The number of nitrogens with one attached hydrogen (secondary N) is 1. The first kappa shape index (κ1) is 13.7. The second kappa shape index (κ2) is 5.79. The number of aliphatic hydroxyl groups is 1. The van der Waals surface area contributed by atoms with E-state index in [0.717, 1.165) is 0 Å². The summed E-state index contributed by atoms with van der Waals surface area (Å²) in [4.78, 5) is 10.8. The molecule has 1 amide bonds. The molecule has 0 aromatic carbocycles. The summed E-state index contributed by atoms with van der Waals surface area (Å²) in [5.41, 5.74) is 4.73. The van der Waals surface area contributed by atoms with Crippen LogP contribution in [0.2, 0.25) is 0 Å². The molecule has 1 unspecified atom stereocenters. The summed E-state index contributed by atoms with van der Waals surface area (Å²) in [6, 6.07) is 1.80. The summed E-state index contributed by atoms with van der Waals surface area (Å²) < 4.78 is 1.66. The van der Waals surface area contributed by atoms with Crippen LogP contribution in [0.5, 0.6) is 0 Å². The highest BCUT2D eigenvalue weighted by molar-refractivity contribution is 5.74. The number of hydrogen-bond donors (Lipinski definition) is 3. The summed E-state index contributed by atoms with van der Waals surface area (Å²) in [5.74, 6) is -0.357. The lowest BCUT2D eigenvalue weighted by atomic mass is 10.00. The molecule has 0 aliphatic rings. The molecule has 0 fully saturated rings. The van der Waals surface area contributed by atoms with E-state index in [9.17, 15) is 9.90 Å². The summed E-state index contributed by atoms with van der Waals surface area (Å²) in [6.45, 7) is 4.56. The van der Waals surface area contributed by atoms with Crippen LogP contribution in [0.4, 0.5) is 0 Å². The van der Waals surface area contributed by atoms with Crippen LogP contribution in [-0.4, -0.2) is 39.0 Å². The number of β-amino-alcohol motifs (C(OH)–C–C–N with tert-alkyl or cyclic N) is 1. The van der Waals surface area contributed by atoms with Crippen LogP contribution in [0.15, 0.2) is 18.5 Å². The van der Waals surface area contributed by atoms with E-state index >= 15 is 0 Å². The second-order valence-corrected chi connectivity index (χ2v) is 4.79. The number of rotatable bonds is 7. The van der Waals surface area contributed by atoms with Gasteiger partial charge in [0.1, 0.15) is 0 Å². The molecular weight excluding hydrogens is 220 g/mol. The zero-order chi connectivity index (χ0) is 12.9. The maximum atomic E-state index is 10.8. The Morgan fingerprint density at radius 2 is 2.35 bits per heavy atom. The van der Waals surface area contributed by atoms with E-state index < -0.39 is 11.6 Å². The van der Waals surface area contributed by atoms with Crippen LogP contribution >= 0.6 is 0 Å². The minimum Gasteiger partial charge on any atom is -0.390 e. The highest BCUT2D eigenvalue weighted by Crippen LogP contribution is 2.07. The van der Waals surface area contributed by atoms with Gasteiger partial charge in [-0.3, -0.25) is 9.48 Å². The number of nitrogens with zero attached hydrogens (tertiary/aromatic N) is 2. The lowest BCUT2D eigenvalue weighted by Crippen LogP contribution is -2.46. The number of aromatic nitrogens is 2. The number of carbonyl (C=O) groups is 1. The van der Waals surface area contributed by atoms with Crippen LogP contribution in [0.25, 0.3) is 0 Å². The predicted molar refractivity (Wildman–Crippen MR) is 64.1 cm³/mol. The molecule has 1 aromatic rings. The molecule has 0 radical (unpaired) electrons. The Balaban J connectivity index is 2.32. The van der Waals surface area contributed by atoms with E-state index in [0.29, 0.717) is 13.1 Å². The zero-order valence-corrected chi connectivity index (χ0v) is 10.3. The maximum absolute atomic E-state index is 10.8. The highest BCUT2D eigenvalue weighted by atomic mass is 16.3. The van der Waals surface area contributed by atoms with E-state index in [1.807, 2.05) is 13.8 Å². The predicted octanol–water partition coefficient (Wildman–Crippen LogP) is -0.512. The molecule has 1 atom stereocenters. The van der Waals surface area contributed by atoms with Gasteiger partial charge in [-0.15, -0.1) is 0 Å². The number of aliphatic hydroxyl groups excluding tert-OH is 1. The second-order valence-electron chi connectivity index (χ2n) is 4.79. The van der Waals surface area contributed by atoms with Gasteiger partial charge in [-0.05, 0) is 19.9 Å². The van der Waals surface area contributed by atoms with Crippen LogP contribution in [0.3, 0.4) is 0 Å².